The molecule has 0 aliphatic carbocycles. The van der Waals surface area contributed by atoms with E-state index in [9.17, 15) is 9.59 Å². The molecule has 0 aliphatic rings. The molecule has 0 aliphatic heterocycles. The molecule has 0 atom stereocenters. The third-order valence-corrected chi connectivity index (χ3v) is 2.71. The van der Waals surface area contributed by atoms with Gasteiger partial charge in [-0.25, -0.2) is 4.79 Å². The third-order valence-electron chi connectivity index (χ3n) is 2.20. The molecule has 0 saturated carbocycles. The quantitative estimate of drug-likeness (QED) is 0.179. The van der Waals surface area contributed by atoms with E-state index in [4.69, 9.17) is 4.74 Å². The zero-order chi connectivity index (χ0) is 14.2. The topological polar surface area (TPSA) is 43.4 Å². The number of rotatable bonds is 7. The van der Waals surface area contributed by atoms with E-state index >= 15 is 0 Å². The summed E-state index contributed by atoms with van der Waals surface area (Å²) in [6.07, 6.45) is 5.63. The van der Waals surface area contributed by atoms with Crippen molar-refractivity contribution in [2.24, 2.45) is 0 Å². The van der Waals surface area contributed by atoms with Crippen LogP contribution < -0.4 is 0 Å². The van der Waals surface area contributed by atoms with E-state index in [-0.39, 0.29) is 16.7 Å². The molecule has 18 heavy (non-hydrogen) atoms. The lowest BCUT2D eigenvalue weighted by Crippen LogP contribution is -2.27. The van der Waals surface area contributed by atoms with Crippen LogP contribution in [0.2, 0.25) is 0 Å². The molecule has 0 heterocycles. The number of hydrogen-bond acceptors (Lipinski definition) is 3. The van der Waals surface area contributed by atoms with Crippen molar-refractivity contribution < 1.29 is 14.3 Å². The highest BCUT2D eigenvalue weighted by molar-refractivity contribution is 9.09. The normalized spacial score (nSPS) is 12.4. The number of alkyl halides is 1. The van der Waals surface area contributed by atoms with Gasteiger partial charge < -0.3 is 4.74 Å². The number of hydrogen-bond donors (Lipinski definition) is 0. The highest BCUT2D eigenvalue weighted by Gasteiger charge is 2.23. The van der Waals surface area contributed by atoms with Crippen molar-refractivity contribution in [2.75, 3.05) is 5.33 Å². The molecule has 0 aromatic heterocycles. The highest BCUT2D eigenvalue weighted by atomic mass is 79.9. The smallest absolute Gasteiger partial charge is 0.341 e. The number of ether oxygens (including phenoxy) is 1. The molecular weight excluding hydrogens is 296 g/mol. The van der Waals surface area contributed by atoms with Crippen molar-refractivity contribution in [3.8, 4) is 0 Å². The monoisotopic (exact) mass is 318 g/mol. The van der Waals surface area contributed by atoms with Crippen LogP contribution in [0.3, 0.4) is 0 Å². The van der Waals surface area contributed by atoms with Gasteiger partial charge in [0.1, 0.15) is 5.60 Å². The second-order valence-corrected chi connectivity index (χ2v) is 5.73. The number of Topliss-reactive ketones (excluding diaryl/α,β-unsaturated/α-hetero) is 1. The van der Waals surface area contributed by atoms with E-state index in [1.54, 1.807) is 26.8 Å². The Morgan fingerprint density at radius 2 is 1.83 bits per heavy atom. The van der Waals surface area contributed by atoms with Gasteiger partial charge in [0.05, 0.1) is 10.9 Å². The summed E-state index contributed by atoms with van der Waals surface area (Å²) in [6.45, 7) is 7.48. The lowest BCUT2D eigenvalue weighted by Gasteiger charge is -2.20. The fourth-order valence-corrected chi connectivity index (χ4v) is 1.66. The first-order valence-electron chi connectivity index (χ1n) is 6.34. The molecule has 0 N–H and O–H groups in total. The summed E-state index contributed by atoms with van der Waals surface area (Å²) in [4.78, 5) is 23.6. The third kappa shape index (κ3) is 7.64. The Labute approximate surface area is 118 Å². The predicted octanol–water partition coefficient (Wildman–Crippen LogP) is 3.80. The minimum absolute atomic E-state index is 0.145. The van der Waals surface area contributed by atoms with E-state index in [0.29, 0.717) is 0 Å². The first kappa shape index (κ1) is 17.4. The molecule has 0 bridgehead atoms. The molecule has 4 heteroatoms. The molecule has 0 aromatic carbocycles. The second kappa shape index (κ2) is 8.46. The Balaban J connectivity index is 4.67. The fourth-order valence-electron chi connectivity index (χ4n) is 1.36. The summed E-state index contributed by atoms with van der Waals surface area (Å²) >= 11 is 3.09. The van der Waals surface area contributed by atoms with Gasteiger partial charge in [0.15, 0.2) is 5.78 Å². The second-order valence-electron chi connectivity index (χ2n) is 5.17. The van der Waals surface area contributed by atoms with Crippen LogP contribution in [0.25, 0.3) is 0 Å². The van der Waals surface area contributed by atoms with Crippen molar-refractivity contribution >= 4 is 27.7 Å². The maximum atomic E-state index is 11.9. The average Bonchev–Trinajstić information content (AvgIpc) is 2.25. The predicted molar refractivity (Wildman–Crippen MR) is 76.9 cm³/mol. The van der Waals surface area contributed by atoms with Crippen molar-refractivity contribution in [1.82, 2.24) is 0 Å². The Hall–Kier alpha value is -0.640. The lowest BCUT2D eigenvalue weighted by atomic mass is 10.1. The number of allylic oxidation sites excluding steroid dienone is 1. The van der Waals surface area contributed by atoms with Crippen molar-refractivity contribution in [1.29, 1.82) is 0 Å². The van der Waals surface area contributed by atoms with Crippen LogP contribution in [0.15, 0.2) is 11.6 Å². The van der Waals surface area contributed by atoms with Gasteiger partial charge in [-0.05, 0) is 33.6 Å². The molecule has 0 unspecified atom stereocenters. The Kier molecular flexibility index (Phi) is 8.16. The largest absolute Gasteiger partial charge is 0.456 e. The van der Waals surface area contributed by atoms with Gasteiger partial charge in [0.2, 0.25) is 0 Å². The molecular formula is C14H23BrO3. The van der Waals surface area contributed by atoms with Gasteiger partial charge >= 0.3 is 5.97 Å². The van der Waals surface area contributed by atoms with Gasteiger partial charge in [0, 0.05) is 0 Å². The number of unbranched alkanes of at least 4 members (excludes halogenated alkanes) is 3. The van der Waals surface area contributed by atoms with Crippen LogP contribution in [0.4, 0.5) is 0 Å². The summed E-state index contributed by atoms with van der Waals surface area (Å²) in [5, 5.41) is 0.145. The molecule has 0 amide bonds. The summed E-state index contributed by atoms with van der Waals surface area (Å²) in [6, 6.07) is 0. The SMILES string of the molecule is CCCCC/C=C(\C(=O)CBr)C(=O)OC(C)(C)C. The Morgan fingerprint density at radius 1 is 1.22 bits per heavy atom. The first-order chi connectivity index (χ1) is 8.31. The van der Waals surface area contributed by atoms with E-state index in [2.05, 4.69) is 22.9 Å². The summed E-state index contributed by atoms with van der Waals surface area (Å²) in [7, 11) is 0. The number of ketones is 1. The zero-order valence-electron chi connectivity index (χ0n) is 11.7. The van der Waals surface area contributed by atoms with Crippen LogP contribution >= 0.6 is 15.9 Å². The van der Waals surface area contributed by atoms with Gasteiger partial charge in [-0.3, -0.25) is 4.79 Å². The molecule has 104 valence electrons. The van der Waals surface area contributed by atoms with E-state index in [1.807, 2.05) is 0 Å². The van der Waals surface area contributed by atoms with Crippen molar-refractivity contribution in [3.05, 3.63) is 11.6 Å². The minimum atomic E-state index is -0.577. The zero-order valence-corrected chi connectivity index (χ0v) is 13.3. The summed E-state index contributed by atoms with van der Waals surface area (Å²) in [5.74, 6) is -0.746. The number of carbonyl (C=O) groups excluding carboxylic acids is 2. The van der Waals surface area contributed by atoms with Gasteiger partial charge in [-0.15, -0.1) is 0 Å². The van der Waals surface area contributed by atoms with Crippen LogP contribution in [0.1, 0.15) is 53.4 Å². The van der Waals surface area contributed by atoms with Crippen LogP contribution in [0, 0.1) is 0 Å². The molecule has 0 saturated heterocycles. The number of carbonyl (C=O) groups is 2. The van der Waals surface area contributed by atoms with Crippen LogP contribution in [-0.4, -0.2) is 22.7 Å². The van der Waals surface area contributed by atoms with E-state index in [0.717, 1.165) is 25.7 Å². The van der Waals surface area contributed by atoms with Crippen LogP contribution in [-0.2, 0) is 14.3 Å². The van der Waals surface area contributed by atoms with Gasteiger partial charge in [-0.2, -0.15) is 0 Å². The first-order valence-corrected chi connectivity index (χ1v) is 7.46. The molecule has 0 spiro atoms. The number of halogens is 1. The van der Waals surface area contributed by atoms with Gasteiger partial charge in [0.25, 0.3) is 0 Å². The Morgan fingerprint density at radius 3 is 2.28 bits per heavy atom. The van der Waals surface area contributed by atoms with E-state index < -0.39 is 11.6 Å². The molecule has 0 fully saturated rings. The molecule has 0 rings (SSSR count). The van der Waals surface area contributed by atoms with Gasteiger partial charge in [-0.1, -0.05) is 41.8 Å². The maximum absolute atomic E-state index is 11.9. The van der Waals surface area contributed by atoms with Crippen molar-refractivity contribution in [3.63, 3.8) is 0 Å². The summed E-state index contributed by atoms with van der Waals surface area (Å²) < 4.78 is 5.23. The standard InChI is InChI=1S/C14H23BrO3/c1-5-6-7-8-9-11(12(16)10-15)13(17)18-14(2,3)4/h9H,5-8,10H2,1-4H3/b11-9+. The van der Waals surface area contributed by atoms with Crippen molar-refractivity contribution in [2.45, 2.75) is 59.0 Å². The average molecular weight is 319 g/mol. The maximum Gasteiger partial charge on any atom is 0.341 e. The summed E-state index contributed by atoms with van der Waals surface area (Å²) in [5.41, 5.74) is -0.412. The highest BCUT2D eigenvalue weighted by Crippen LogP contribution is 2.14. The minimum Gasteiger partial charge on any atom is -0.456 e. The molecule has 3 nitrogen and oxygen atoms in total. The fraction of sp³-hybridized carbons (Fsp3) is 0.714. The Bertz CT molecular complexity index is 313. The number of esters is 1. The molecule has 0 aromatic rings. The lowest BCUT2D eigenvalue weighted by molar-refractivity contribution is -0.150. The van der Waals surface area contributed by atoms with Crippen LogP contribution in [0.5, 0.6) is 0 Å². The molecule has 0 radical (unpaired) electrons. The van der Waals surface area contributed by atoms with E-state index in [1.165, 1.54) is 0 Å².